The molecule has 2 amide bonds. The maximum Gasteiger partial charge on any atom is 0.239 e. The molecule has 2 aliphatic heterocycles. The molecule has 2 aromatic carbocycles. The van der Waals surface area contributed by atoms with Crippen LogP contribution in [-0.2, 0) is 15.1 Å². The summed E-state index contributed by atoms with van der Waals surface area (Å²) in [5.74, 6) is -0.663. The molecule has 0 unspecified atom stereocenters. The molecule has 2 heterocycles. The second-order valence-corrected chi connectivity index (χ2v) is 8.29. The van der Waals surface area contributed by atoms with E-state index in [4.69, 9.17) is 5.41 Å². The Morgan fingerprint density at radius 1 is 1.16 bits per heavy atom. The monoisotopic (exact) mass is 415 g/mol. The Morgan fingerprint density at radius 2 is 1.90 bits per heavy atom. The Morgan fingerprint density at radius 3 is 2.58 bits per heavy atom. The molecule has 2 N–H and O–H groups in total. The first-order valence-electron chi connectivity index (χ1n) is 10.4. The van der Waals surface area contributed by atoms with E-state index >= 15 is 0 Å². The van der Waals surface area contributed by atoms with Crippen molar-refractivity contribution in [3.63, 3.8) is 0 Å². The van der Waals surface area contributed by atoms with Crippen LogP contribution in [0.5, 0.6) is 0 Å². The number of nitriles is 1. The zero-order valence-electron chi connectivity index (χ0n) is 17.7. The van der Waals surface area contributed by atoms with Crippen LogP contribution in [0.15, 0.2) is 48.5 Å². The van der Waals surface area contributed by atoms with E-state index in [2.05, 4.69) is 11.4 Å². The van der Waals surface area contributed by atoms with Crippen LogP contribution in [0, 0.1) is 16.7 Å². The van der Waals surface area contributed by atoms with Gasteiger partial charge in [-0.2, -0.15) is 5.26 Å². The molecule has 158 valence electrons. The molecule has 2 aliphatic rings. The Bertz CT molecular complexity index is 1090. The molecule has 2 aromatic rings. The van der Waals surface area contributed by atoms with Crippen LogP contribution in [0.3, 0.4) is 0 Å². The van der Waals surface area contributed by atoms with E-state index in [9.17, 15) is 14.9 Å². The number of nitrogens with one attached hydrogen (secondary N) is 2. The van der Waals surface area contributed by atoms with Gasteiger partial charge in [0.1, 0.15) is 0 Å². The highest BCUT2D eigenvalue weighted by atomic mass is 16.2. The number of piperidine rings is 1. The standard InChI is InChI=1S/C24H25N5O2/c1-24(18-7-5-6-16(14-18)15-25)21(22(31)28(2)23(26)27-24)17-9-11-19(12-10-17)29-13-4-3-8-20(29)30/h5-7,9-12,14,21H,3-4,8,13H2,1-2H3,(H2,26,27)/t21-,24+/m0/s1. The number of anilines is 1. The van der Waals surface area contributed by atoms with E-state index in [-0.39, 0.29) is 17.8 Å². The highest BCUT2D eigenvalue weighted by Crippen LogP contribution is 2.41. The van der Waals surface area contributed by atoms with Gasteiger partial charge in [-0.05, 0) is 55.2 Å². The van der Waals surface area contributed by atoms with E-state index < -0.39 is 11.5 Å². The molecule has 2 fully saturated rings. The van der Waals surface area contributed by atoms with E-state index in [0.29, 0.717) is 18.5 Å². The fraction of sp³-hybridized carbons (Fsp3) is 0.333. The molecule has 7 heteroatoms. The summed E-state index contributed by atoms with van der Waals surface area (Å²) < 4.78 is 0. The smallest absolute Gasteiger partial charge is 0.239 e. The number of carbonyl (C=O) groups is 2. The summed E-state index contributed by atoms with van der Waals surface area (Å²) in [4.78, 5) is 28.7. The highest BCUT2D eigenvalue weighted by molar-refractivity contribution is 6.02. The number of amides is 2. The molecule has 4 rings (SSSR count). The fourth-order valence-corrected chi connectivity index (χ4v) is 4.50. The van der Waals surface area contributed by atoms with Gasteiger partial charge in [-0.1, -0.05) is 24.3 Å². The van der Waals surface area contributed by atoms with Crippen LogP contribution < -0.4 is 10.2 Å². The van der Waals surface area contributed by atoms with Gasteiger partial charge in [0, 0.05) is 25.7 Å². The normalized spacial score (nSPS) is 24.0. The third-order valence-corrected chi connectivity index (χ3v) is 6.32. The summed E-state index contributed by atoms with van der Waals surface area (Å²) in [6.45, 7) is 2.59. The van der Waals surface area contributed by atoms with Crippen molar-refractivity contribution >= 4 is 23.5 Å². The molecule has 2 atom stereocenters. The first-order chi connectivity index (χ1) is 14.8. The summed E-state index contributed by atoms with van der Waals surface area (Å²) >= 11 is 0. The average molecular weight is 415 g/mol. The maximum atomic E-state index is 13.3. The molecule has 0 aromatic heterocycles. The lowest BCUT2D eigenvalue weighted by Crippen LogP contribution is -2.62. The molecule has 31 heavy (non-hydrogen) atoms. The molecule has 0 radical (unpaired) electrons. The Balaban J connectivity index is 1.75. The van der Waals surface area contributed by atoms with Crippen molar-refractivity contribution in [3.8, 4) is 6.07 Å². The van der Waals surface area contributed by atoms with Gasteiger partial charge in [-0.15, -0.1) is 0 Å². The zero-order valence-corrected chi connectivity index (χ0v) is 17.7. The second-order valence-electron chi connectivity index (χ2n) is 8.29. The van der Waals surface area contributed by atoms with Gasteiger partial charge in [0.05, 0.1) is 23.1 Å². The van der Waals surface area contributed by atoms with E-state index in [1.807, 2.05) is 37.3 Å². The minimum Gasteiger partial charge on any atom is -0.346 e. The SMILES string of the molecule is CN1C(=N)N[C@](C)(c2cccc(C#N)c2)[C@@H](c2ccc(N3CCCCC3=O)cc2)C1=O. The van der Waals surface area contributed by atoms with Gasteiger partial charge in [0.15, 0.2) is 5.96 Å². The predicted molar refractivity (Wildman–Crippen MR) is 118 cm³/mol. The van der Waals surface area contributed by atoms with Crippen LogP contribution in [-0.4, -0.2) is 36.3 Å². The summed E-state index contributed by atoms with van der Waals surface area (Å²) in [5, 5.41) is 20.8. The number of hydrogen-bond donors (Lipinski definition) is 2. The van der Waals surface area contributed by atoms with Crippen molar-refractivity contribution in [1.29, 1.82) is 10.7 Å². The van der Waals surface area contributed by atoms with Gasteiger partial charge < -0.3 is 10.2 Å². The quantitative estimate of drug-likeness (QED) is 0.805. The lowest BCUT2D eigenvalue weighted by molar-refractivity contribution is -0.131. The minimum atomic E-state index is -0.907. The second kappa shape index (κ2) is 7.88. The number of rotatable bonds is 3. The lowest BCUT2D eigenvalue weighted by Gasteiger charge is -2.46. The third-order valence-electron chi connectivity index (χ3n) is 6.32. The molecular formula is C24H25N5O2. The maximum absolute atomic E-state index is 13.3. The van der Waals surface area contributed by atoms with E-state index in [1.54, 1.807) is 30.1 Å². The largest absolute Gasteiger partial charge is 0.346 e. The topological polar surface area (TPSA) is 100 Å². The lowest BCUT2D eigenvalue weighted by atomic mass is 9.73. The predicted octanol–water partition coefficient (Wildman–Crippen LogP) is 3.07. The summed E-state index contributed by atoms with van der Waals surface area (Å²) in [6.07, 6.45) is 2.47. The molecule has 0 aliphatic carbocycles. The van der Waals surface area contributed by atoms with Gasteiger partial charge >= 0.3 is 0 Å². The van der Waals surface area contributed by atoms with Gasteiger partial charge in [0.25, 0.3) is 0 Å². The Kier molecular flexibility index (Phi) is 5.24. The summed E-state index contributed by atoms with van der Waals surface area (Å²) in [7, 11) is 1.58. The molecule has 0 bridgehead atoms. The van der Waals surface area contributed by atoms with Crippen LogP contribution in [0.2, 0.25) is 0 Å². The van der Waals surface area contributed by atoms with Gasteiger partial charge in [-0.3, -0.25) is 19.9 Å². The van der Waals surface area contributed by atoms with Crippen molar-refractivity contribution in [2.45, 2.75) is 37.6 Å². The van der Waals surface area contributed by atoms with Crippen LogP contribution in [0.25, 0.3) is 0 Å². The molecule has 2 saturated heterocycles. The Hall–Kier alpha value is -3.66. The summed E-state index contributed by atoms with van der Waals surface area (Å²) in [5.41, 5.74) is 1.97. The van der Waals surface area contributed by atoms with Crippen LogP contribution >= 0.6 is 0 Å². The number of nitrogens with zero attached hydrogens (tertiary/aromatic N) is 3. The van der Waals surface area contributed by atoms with E-state index in [1.165, 1.54) is 4.90 Å². The number of carbonyl (C=O) groups excluding carboxylic acids is 2. The Labute approximate surface area is 181 Å². The first kappa shape index (κ1) is 20.6. The first-order valence-corrected chi connectivity index (χ1v) is 10.4. The molecule has 7 nitrogen and oxygen atoms in total. The zero-order chi connectivity index (χ0) is 22.2. The number of benzene rings is 2. The average Bonchev–Trinajstić information content (AvgIpc) is 2.78. The molecule has 0 saturated carbocycles. The molecular weight excluding hydrogens is 390 g/mol. The van der Waals surface area contributed by atoms with Crippen molar-refractivity contribution < 1.29 is 9.59 Å². The fourth-order valence-electron chi connectivity index (χ4n) is 4.50. The summed E-state index contributed by atoms with van der Waals surface area (Å²) in [6, 6.07) is 16.8. The van der Waals surface area contributed by atoms with Gasteiger partial charge in [0.2, 0.25) is 11.8 Å². The van der Waals surface area contributed by atoms with Crippen molar-refractivity contribution in [3.05, 3.63) is 65.2 Å². The van der Waals surface area contributed by atoms with Crippen molar-refractivity contribution in [1.82, 2.24) is 10.2 Å². The number of guanidine groups is 1. The molecule has 0 spiro atoms. The minimum absolute atomic E-state index is 0.0154. The third kappa shape index (κ3) is 3.55. The van der Waals surface area contributed by atoms with Gasteiger partial charge in [-0.25, -0.2) is 0 Å². The number of hydrogen-bond acceptors (Lipinski definition) is 4. The van der Waals surface area contributed by atoms with Crippen LogP contribution in [0.4, 0.5) is 5.69 Å². The van der Waals surface area contributed by atoms with Crippen molar-refractivity contribution in [2.24, 2.45) is 0 Å². The number of likely N-dealkylation sites (N-methyl/N-ethyl adjacent to an activating group) is 1. The van der Waals surface area contributed by atoms with Crippen LogP contribution in [0.1, 0.15) is 48.8 Å². The highest BCUT2D eigenvalue weighted by Gasteiger charge is 2.48. The van der Waals surface area contributed by atoms with E-state index in [0.717, 1.165) is 29.7 Å². The van der Waals surface area contributed by atoms with Crippen molar-refractivity contribution in [2.75, 3.05) is 18.5 Å².